The quantitative estimate of drug-likeness (QED) is 0.589. The number of H-pyrrole nitrogens is 1. The number of benzene rings is 1. The molecule has 5 rings (SSSR count). The lowest BCUT2D eigenvalue weighted by Crippen LogP contribution is -2.40. The molecule has 3 aromatic rings. The molecule has 9 nitrogen and oxygen atoms in total. The number of thiazole rings is 1. The molecule has 1 fully saturated rings. The summed E-state index contributed by atoms with van der Waals surface area (Å²) in [6.07, 6.45) is 2.92. The monoisotopic (exact) mass is 454 g/mol. The molecule has 1 aromatic carbocycles. The van der Waals surface area contributed by atoms with Gasteiger partial charge < -0.3 is 15.0 Å². The van der Waals surface area contributed by atoms with Gasteiger partial charge >= 0.3 is 0 Å². The average Bonchev–Trinajstić information content (AvgIpc) is 3.43. The van der Waals surface area contributed by atoms with Crippen LogP contribution in [0.15, 0.2) is 23.0 Å². The van der Waals surface area contributed by atoms with Crippen LogP contribution >= 0.6 is 11.3 Å². The maximum absolute atomic E-state index is 12.7. The van der Waals surface area contributed by atoms with Crippen LogP contribution < -0.4 is 20.5 Å². The van der Waals surface area contributed by atoms with Crippen molar-refractivity contribution in [2.45, 2.75) is 32.7 Å². The molecule has 2 aliphatic rings. The molecule has 0 bridgehead atoms. The van der Waals surface area contributed by atoms with Crippen molar-refractivity contribution < 1.29 is 9.53 Å². The maximum Gasteiger partial charge on any atom is 0.257 e. The van der Waals surface area contributed by atoms with Crippen LogP contribution in [-0.4, -0.2) is 58.5 Å². The number of aromatic amines is 1. The Morgan fingerprint density at radius 3 is 2.91 bits per heavy atom. The molecule has 0 atom stereocenters. The summed E-state index contributed by atoms with van der Waals surface area (Å²) < 4.78 is 6.49. The summed E-state index contributed by atoms with van der Waals surface area (Å²) in [4.78, 5) is 41.5. The highest BCUT2D eigenvalue weighted by molar-refractivity contribution is 7.22. The van der Waals surface area contributed by atoms with Crippen molar-refractivity contribution in [3.8, 4) is 5.75 Å². The third-order valence-electron chi connectivity index (χ3n) is 5.83. The van der Waals surface area contributed by atoms with Crippen LogP contribution in [0.4, 0.5) is 11.1 Å². The Bertz CT molecular complexity index is 1200. The SMILES string of the molecule is CCOc1ccc2nc(NC(=O)CN3CCc4nc(N5CCCC5)[nH]c(=O)c4C3)sc2c1. The minimum atomic E-state index is -0.143. The molecule has 2 aromatic heterocycles. The number of carbonyl (C=O) groups excluding carboxylic acids is 1. The van der Waals surface area contributed by atoms with Crippen LogP contribution in [0.2, 0.25) is 0 Å². The molecular weight excluding hydrogens is 428 g/mol. The van der Waals surface area contributed by atoms with Gasteiger partial charge in [0.25, 0.3) is 5.56 Å². The molecule has 1 saturated heterocycles. The summed E-state index contributed by atoms with van der Waals surface area (Å²) >= 11 is 1.42. The second-order valence-corrected chi connectivity index (χ2v) is 9.13. The van der Waals surface area contributed by atoms with Crippen LogP contribution in [-0.2, 0) is 17.8 Å². The van der Waals surface area contributed by atoms with Gasteiger partial charge in [-0.15, -0.1) is 0 Å². The van der Waals surface area contributed by atoms with E-state index in [0.717, 1.165) is 47.6 Å². The molecule has 0 saturated carbocycles. The largest absolute Gasteiger partial charge is 0.494 e. The van der Waals surface area contributed by atoms with E-state index in [0.29, 0.717) is 42.8 Å². The van der Waals surface area contributed by atoms with Crippen LogP contribution in [0.1, 0.15) is 31.0 Å². The summed E-state index contributed by atoms with van der Waals surface area (Å²) in [5, 5.41) is 3.45. The summed E-state index contributed by atoms with van der Waals surface area (Å²) in [5.41, 5.74) is 2.24. The Hall–Kier alpha value is -2.98. The van der Waals surface area contributed by atoms with Crippen molar-refractivity contribution in [1.82, 2.24) is 19.9 Å². The first kappa shape index (κ1) is 20.9. The predicted molar refractivity (Wildman–Crippen MR) is 125 cm³/mol. The van der Waals surface area contributed by atoms with E-state index in [1.807, 2.05) is 30.0 Å². The van der Waals surface area contributed by atoms with Crippen LogP contribution in [0.5, 0.6) is 5.75 Å². The normalized spacial score (nSPS) is 16.3. The van der Waals surface area contributed by atoms with Gasteiger partial charge in [0.15, 0.2) is 5.13 Å². The minimum Gasteiger partial charge on any atom is -0.494 e. The van der Waals surface area contributed by atoms with Crippen molar-refractivity contribution in [2.24, 2.45) is 0 Å². The second-order valence-electron chi connectivity index (χ2n) is 8.10. The predicted octanol–water partition coefficient (Wildman–Crippen LogP) is 2.38. The Labute approximate surface area is 189 Å². The number of anilines is 2. The minimum absolute atomic E-state index is 0.0988. The molecule has 0 spiro atoms. The van der Waals surface area contributed by atoms with Crippen LogP contribution in [0.25, 0.3) is 10.2 Å². The van der Waals surface area contributed by atoms with E-state index in [4.69, 9.17) is 9.72 Å². The van der Waals surface area contributed by atoms with Crippen LogP contribution in [0.3, 0.4) is 0 Å². The van der Waals surface area contributed by atoms with Gasteiger partial charge in [0.05, 0.1) is 34.6 Å². The van der Waals surface area contributed by atoms with E-state index in [-0.39, 0.29) is 18.0 Å². The lowest BCUT2D eigenvalue weighted by Gasteiger charge is -2.27. The third kappa shape index (κ3) is 4.33. The number of rotatable bonds is 6. The molecule has 0 aliphatic carbocycles. The lowest BCUT2D eigenvalue weighted by molar-refractivity contribution is -0.117. The van der Waals surface area contributed by atoms with Gasteiger partial charge in [0, 0.05) is 32.6 Å². The summed E-state index contributed by atoms with van der Waals surface area (Å²) in [6.45, 7) is 5.73. The lowest BCUT2D eigenvalue weighted by atomic mass is 10.1. The van der Waals surface area contributed by atoms with Gasteiger partial charge in [-0.1, -0.05) is 11.3 Å². The molecule has 0 radical (unpaired) electrons. The van der Waals surface area contributed by atoms with Crippen molar-refractivity contribution in [1.29, 1.82) is 0 Å². The molecule has 2 N–H and O–H groups in total. The zero-order valence-corrected chi connectivity index (χ0v) is 18.8. The van der Waals surface area contributed by atoms with Gasteiger partial charge in [0.2, 0.25) is 11.9 Å². The summed E-state index contributed by atoms with van der Waals surface area (Å²) in [5.74, 6) is 1.33. The number of aromatic nitrogens is 3. The number of carbonyl (C=O) groups is 1. The number of nitrogens with one attached hydrogen (secondary N) is 2. The van der Waals surface area contributed by atoms with E-state index in [2.05, 4.69) is 20.2 Å². The number of hydrogen-bond donors (Lipinski definition) is 2. The topological polar surface area (TPSA) is 103 Å². The third-order valence-corrected chi connectivity index (χ3v) is 6.76. The fourth-order valence-corrected chi connectivity index (χ4v) is 5.17. The van der Waals surface area contributed by atoms with E-state index in [9.17, 15) is 9.59 Å². The fraction of sp³-hybridized carbons (Fsp3) is 0.455. The molecule has 0 unspecified atom stereocenters. The highest BCUT2D eigenvalue weighted by atomic mass is 32.1. The fourth-order valence-electron chi connectivity index (χ4n) is 4.26. The first-order valence-corrected chi connectivity index (χ1v) is 11.8. The van der Waals surface area contributed by atoms with Crippen molar-refractivity contribution in [3.63, 3.8) is 0 Å². The molecule has 10 heteroatoms. The van der Waals surface area contributed by atoms with E-state index in [1.165, 1.54) is 11.3 Å². The van der Waals surface area contributed by atoms with Gasteiger partial charge in [-0.2, -0.15) is 0 Å². The molecule has 168 valence electrons. The molecule has 4 heterocycles. The number of hydrogen-bond acceptors (Lipinski definition) is 8. The zero-order valence-electron chi connectivity index (χ0n) is 18.0. The number of fused-ring (bicyclic) bond motifs is 2. The highest BCUT2D eigenvalue weighted by Gasteiger charge is 2.25. The Morgan fingerprint density at radius 1 is 1.25 bits per heavy atom. The Morgan fingerprint density at radius 2 is 2.09 bits per heavy atom. The first-order chi connectivity index (χ1) is 15.6. The molecule has 1 amide bonds. The molecular formula is C22H26N6O3S. The highest BCUT2D eigenvalue weighted by Crippen LogP contribution is 2.29. The van der Waals surface area contributed by atoms with Crippen LogP contribution in [0, 0.1) is 0 Å². The average molecular weight is 455 g/mol. The van der Waals surface area contributed by atoms with E-state index < -0.39 is 0 Å². The van der Waals surface area contributed by atoms with Gasteiger partial charge in [0.1, 0.15) is 5.75 Å². The summed E-state index contributed by atoms with van der Waals surface area (Å²) in [7, 11) is 0. The Balaban J connectivity index is 1.23. The Kier molecular flexibility index (Phi) is 5.79. The first-order valence-electron chi connectivity index (χ1n) is 11.0. The van der Waals surface area contributed by atoms with E-state index >= 15 is 0 Å². The van der Waals surface area contributed by atoms with Crippen molar-refractivity contribution in [2.75, 3.05) is 43.0 Å². The van der Waals surface area contributed by atoms with Gasteiger partial charge in [-0.25, -0.2) is 9.97 Å². The smallest absolute Gasteiger partial charge is 0.257 e. The standard InChI is InChI=1S/C22H26N6O3S/c1-2-31-14-5-6-17-18(11-14)32-22(24-17)25-19(29)13-27-10-7-16-15(12-27)20(30)26-21(23-16)28-8-3-4-9-28/h5-6,11H,2-4,7-10,12-13H2,1H3,(H,23,26,30)(H,24,25,29). The zero-order chi connectivity index (χ0) is 22.1. The maximum atomic E-state index is 12.7. The summed E-state index contributed by atoms with van der Waals surface area (Å²) in [6, 6.07) is 5.70. The number of nitrogens with zero attached hydrogens (tertiary/aromatic N) is 4. The van der Waals surface area contributed by atoms with Gasteiger partial charge in [-0.3, -0.25) is 19.5 Å². The number of ether oxygens (including phenoxy) is 1. The number of amides is 1. The van der Waals surface area contributed by atoms with Gasteiger partial charge in [-0.05, 0) is 38.0 Å². The molecule has 32 heavy (non-hydrogen) atoms. The van der Waals surface area contributed by atoms with Crippen molar-refractivity contribution >= 4 is 38.5 Å². The van der Waals surface area contributed by atoms with Crippen molar-refractivity contribution in [3.05, 3.63) is 39.8 Å². The second kappa shape index (κ2) is 8.87. The van der Waals surface area contributed by atoms with E-state index in [1.54, 1.807) is 0 Å². The molecule has 2 aliphatic heterocycles.